The van der Waals surface area contributed by atoms with Gasteiger partial charge in [0.25, 0.3) is 0 Å². The van der Waals surface area contributed by atoms with E-state index in [-0.39, 0.29) is 0 Å². The summed E-state index contributed by atoms with van der Waals surface area (Å²) in [6, 6.07) is 0.616. The zero-order chi connectivity index (χ0) is 9.56. The highest BCUT2D eigenvalue weighted by Crippen LogP contribution is 1.97. The van der Waals surface area contributed by atoms with Crippen LogP contribution in [-0.2, 0) is 4.74 Å². The third-order valence-corrected chi connectivity index (χ3v) is 2.30. The SMILES string of the molecule is CCC(C)OCCN(C)C(C)C. The molecule has 1 atom stereocenters. The van der Waals surface area contributed by atoms with Crippen LogP contribution in [0.1, 0.15) is 34.1 Å². The molecule has 0 aliphatic carbocycles. The highest BCUT2D eigenvalue weighted by molar-refractivity contribution is 4.56. The van der Waals surface area contributed by atoms with Crippen molar-refractivity contribution in [1.29, 1.82) is 0 Å². The van der Waals surface area contributed by atoms with Gasteiger partial charge in [0.1, 0.15) is 0 Å². The van der Waals surface area contributed by atoms with Gasteiger partial charge in [-0.1, -0.05) is 6.92 Å². The Morgan fingerprint density at radius 2 is 1.83 bits per heavy atom. The highest BCUT2D eigenvalue weighted by atomic mass is 16.5. The molecule has 0 bridgehead atoms. The molecule has 0 spiro atoms. The fourth-order valence-corrected chi connectivity index (χ4v) is 0.774. The molecular formula is C10H23NO. The number of hydrogen-bond acceptors (Lipinski definition) is 2. The Labute approximate surface area is 76.9 Å². The predicted octanol–water partition coefficient (Wildman–Crippen LogP) is 2.14. The summed E-state index contributed by atoms with van der Waals surface area (Å²) in [7, 11) is 2.13. The van der Waals surface area contributed by atoms with Crippen LogP contribution in [0, 0.1) is 0 Å². The average molecular weight is 173 g/mol. The van der Waals surface area contributed by atoms with Crippen LogP contribution in [0.5, 0.6) is 0 Å². The Morgan fingerprint density at radius 1 is 1.25 bits per heavy atom. The van der Waals surface area contributed by atoms with E-state index in [0.29, 0.717) is 12.1 Å². The molecule has 0 aromatic rings. The van der Waals surface area contributed by atoms with E-state index in [1.165, 1.54) is 0 Å². The van der Waals surface area contributed by atoms with E-state index in [9.17, 15) is 0 Å². The predicted molar refractivity (Wildman–Crippen MR) is 53.5 cm³/mol. The van der Waals surface area contributed by atoms with E-state index < -0.39 is 0 Å². The maximum Gasteiger partial charge on any atom is 0.0597 e. The largest absolute Gasteiger partial charge is 0.377 e. The van der Waals surface area contributed by atoms with Gasteiger partial charge in [-0.05, 0) is 34.2 Å². The van der Waals surface area contributed by atoms with Crippen LogP contribution >= 0.6 is 0 Å². The maximum atomic E-state index is 5.57. The number of rotatable bonds is 6. The monoisotopic (exact) mass is 173 g/mol. The molecule has 0 radical (unpaired) electrons. The lowest BCUT2D eigenvalue weighted by Crippen LogP contribution is -2.30. The van der Waals surface area contributed by atoms with Crippen molar-refractivity contribution in [2.45, 2.75) is 46.3 Å². The van der Waals surface area contributed by atoms with E-state index in [4.69, 9.17) is 4.74 Å². The highest BCUT2D eigenvalue weighted by Gasteiger charge is 2.03. The van der Waals surface area contributed by atoms with Gasteiger partial charge in [0.05, 0.1) is 12.7 Å². The van der Waals surface area contributed by atoms with Crippen molar-refractivity contribution >= 4 is 0 Å². The van der Waals surface area contributed by atoms with E-state index in [0.717, 1.165) is 19.6 Å². The molecule has 1 unspecified atom stereocenters. The molecule has 2 heteroatoms. The lowest BCUT2D eigenvalue weighted by molar-refractivity contribution is 0.0461. The molecule has 0 rings (SSSR count). The average Bonchev–Trinajstić information content (AvgIpc) is 2.03. The van der Waals surface area contributed by atoms with Crippen LogP contribution in [-0.4, -0.2) is 37.2 Å². The summed E-state index contributed by atoms with van der Waals surface area (Å²) in [5, 5.41) is 0. The zero-order valence-corrected chi connectivity index (χ0v) is 9.13. The lowest BCUT2D eigenvalue weighted by Gasteiger charge is -2.21. The molecule has 0 N–H and O–H groups in total. The van der Waals surface area contributed by atoms with Crippen LogP contribution in [0.25, 0.3) is 0 Å². The first-order valence-electron chi connectivity index (χ1n) is 4.89. The minimum Gasteiger partial charge on any atom is -0.377 e. The molecule has 74 valence electrons. The number of hydrogen-bond donors (Lipinski definition) is 0. The Kier molecular flexibility index (Phi) is 6.39. The molecule has 0 aromatic carbocycles. The van der Waals surface area contributed by atoms with Crippen LogP contribution in [0.3, 0.4) is 0 Å². The van der Waals surface area contributed by atoms with E-state index in [2.05, 4.69) is 39.6 Å². The summed E-state index contributed by atoms with van der Waals surface area (Å²) in [5.74, 6) is 0. The standard InChI is InChI=1S/C10H23NO/c1-6-10(4)12-8-7-11(5)9(2)3/h9-10H,6-8H2,1-5H3. The molecular weight excluding hydrogens is 150 g/mol. The molecule has 0 aliphatic heterocycles. The van der Waals surface area contributed by atoms with Gasteiger partial charge in [-0.25, -0.2) is 0 Å². The second-order valence-corrected chi connectivity index (χ2v) is 3.66. The smallest absolute Gasteiger partial charge is 0.0597 e. The Hall–Kier alpha value is -0.0800. The first-order valence-corrected chi connectivity index (χ1v) is 4.89. The molecule has 0 heterocycles. The Morgan fingerprint density at radius 3 is 2.25 bits per heavy atom. The lowest BCUT2D eigenvalue weighted by atomic mass is 10.3. The number of ether oxygens (including phenoxy) is 1. The summed E-state index contributed by atoms with van der Waals surface area (Å²) >= 11 is 0. The Bertz CT molecular complexity index is 104. The number of nitrogens with zero attached hydrogens (tertiary/aromatic N) is 1. The summed E-state index contributed by atoms with van der Waals surface area (Å²) in [4.78, 5) is 2.29. The minimum absolute atomic E-state index is 0.408. The third-order valence-electron chi connectivity index (χ3n) is 2.30. The van der Waals surface area contributed by atoms with E-state index >= 15 is 0 Å². The van der Waals surface area contributed by atoms with Crippen molar-refractivity contribution < 1.29 is 4.74 Å². The fourth-order valence-electron chi connectivity index (χ4n) is 0.774. The molecule has 0 amide bonds. The van der Waals surface area contributed by atoms with Gasteiger partial charge in [-0.15, -0.1) is 0 Å². The quantitative estimate of drug-likeness (QED) is 0.610. The second-order valence-electron chi connectivity index (χ2n) is 3.66. The van der Waals surface area contributed by atoms with Gasteiger partial charge >= 0.3 is 0 Å². The first kappa shape index (κ1) is 11.9. The van der Waals surface area contributed by atoms with Gasteiger partial charge in [0.15, 0.2) is 0 Å². The van der Waals surface area contributed by atoms with Crippen molar-refractivity contribution in [1.82, 2.24) is 4.90 Å². The van der Waals surface area contributed by atoms with Crippen molar-refractivity contribution in [3.8, 4) is 0 Å². The van der Waals surface area contributed by atoms with Crippen LogP contribution in [0.2, 0.25) is 0 Å². The summed E-state index contributed by atoms with van der Waals surface area (Å²) < 4.78 is 5.57. The van der Waals surface area contributed by atoms with Gasteiger partial charge in [-0.2, -0.15) is 0 Å². The molecule has 12 heavy (non-hydrogen) atoms. The molecule has 0 saturated carbocycles. The van der Waals surface area contributed by atoms with Crippen LogP contribution in [0.15, 0.2) is 0 Å². The normalized spacial score (nSPS) is 14.2. The fraction of sp³-hybridized carbons (Fsp3) is 1.00. The molecule has 0 fully saturated rings. The van der Waals surface area contributed by atoms with Crippen LogP contribution < -0.4 is 0 Å². The second kappa shape index (κ2) is 6.44. The molecule has 0 aromatic heterocycles. The summed E-state index contributed by atoms with van der Waals surface area (Å²) in [6.45, 7) is 10.5. The van der Waals surface area contributed by atoms with E-state index in [1.807, 2.05) is 0 Å². The summed E-state index contributed by atoms with van der Waals surface area (Å²) in [6.07, 6.45) is 1.51. The third kappa shape index (κ3) is 5.56. The molecule has 0 aliphatic rings. The van der Waals surface area contributed by atoms with Crippen molar-refractivity contribution in [2.75, 3.05) is 20.2 Å². The Balaban J connectivity index is 3.30. The van der Waals surface area contributed by atoms with Gasteiger partial charge < -0.3 is 9.64 Å². The molecule has 0 saturated heterocycles. The molecule has 2 nitrogen and oxygen atoms in total. The zero-order valence-electron chi connectivity index (χ0n) is 9.13. The minimum atomic E-state index is 0.408. The maximum absolute atomic E-state index is 5.57. The van der Waals surface area contributed by atoms with Crippen LogP contribution in [0.4, 0.5) is 0 Å². The van der Waals surface area contributed by atoms with Crippen molar-refractivity contribution in [2.24, 2.45) is 0 Å². The van der Waals surface area contributed by atoms with Gasteiger partial charge in [0, 0.05) is 12.6 Å². The van der Waals surface area contributed by atoms with Gasteiger partial charge in [-0.3, -0.25) is 0 Å². The van der Waals surface area contributed by atoms with Crippen molar-refractivity contribution in [3.63, 3.8) is 0 Å². The topological polar surface area (TPSA) is 12.5 Å². The number of likely N-dealkylation sites (N-methyl/N-ethyl adjacent to an activating group) is 1. The first-order chi connectivity index (χ1) is 5.57. The van der Waals surface area contributed by atoms with E-state index in [1.54, 1.807) is 0 Å². The van der Waals surface area contributed by atoms with Crippen molar-refractivity contribution in [3.05, 3.63) is 0 Å². The summed E-state index contributed by atoms with van der Waals surface area (Å²) in [5.41, 5.74) is 0. The van der Waals surface area contributed by atoms with Gasteiger partial charge in [0.2, 0.25) is 0 Å².